The van der Waals surface area contributed by atoms with Crippen LogP contribution >= 0.6 is 0 Å². The molecule has 0 aromatic heterocycles. The normalized spacial score (nSPS) is 14.1. The summed E-state index contributed by atoms with van der Waals surface area (Å²) in [5.74, 6) is 0.0671. The lowest BCUT2D eigenvalue weighted by molar-refractivity contribution is -0.0906. The first-order valence-electron chi connectivity index (χ1n) is 7.50. The molecular formula is C14H27N5O5. The number of hydrogen-bond acceptors (Lipinski definition) is 8. The third-order valence-electron chi connectivity index (χ3n) is 3.07. The highest BCUT2D eigenvalue weighted by molar-refractivity contribution is 5.79. The molecule has 0 saturated carbocycles. The highest BCUT2D eigenvalue weighted by atomic mass is 16.5. The summed E-state index contributed by atoms with van der Waals surface area (Å²) < 4.78 is 16.3. The zero-order valence-electron chi connectivity index (χ0n) is 13.7. The molecule has 0 aliphatic rings. The molecule has 0 radical (unpaired) electrons. The van der Waals surface area contributed by atoms with Crippen LogP contribution in [-0.4, -0.2) is 68.2 Å². The number of nitrogens with two attached hydrogens (primary N) is 2. The largest absolute Gasteiger partial charge is 0.409 e. The maximum atomic E-state index is 9.74. The Balaban J connectivity index is 4.46. The standard InChI is InChI=1S/C14H27N5O5/c15-4-1-5-22-9-14(8-20,10-23-6-2-12(16)17)11-24-7-3-13(18)19-21/h20-21H,1-3,5-11H2,(H3,16,17)(H2,18,19). The number of oxime groups is 1. The van der Waals surface area contributed by atoms with Crippen molar-refractivity contribution >= 4 is 11.7 Å². The quantitative estimate of drug-likeness (QED) is 0.0856. The lowest BCUT2D eigenvalue weighted by atomic mass is 9.92. The number of nitriles is 1. The molecule has 0 aliphatic heterocycles. The molecule has 1 atom stereocenters. The molecule has 10 heteroatoms. The van der Waals surface area contributed by atoms with Crippen molar-refractivity contribution in [3.05, 3.63) is 0 Å². The Labute approximate surface area is 141 Å². The molecule has 10 nitrogen and oxygen atoms in total. The number of hydrogen-bond donors (Lipinski definition) is 5. The van der Waals surface area contributed by atoms with E-state index in [-0.39, 0.29) is 70.8 Å². The van der Waals surface area contributed by atoms with Crippen molar-refractivity contribution in [2.75, 3.05) is 46.2 Å². The Morgan fingerprint density at radius 2 is 1.62 bits per heavy atom. The molecule has 0 aromatic rings. The minimum atomic E-state index is -0.808. The fourth-order valence-electron chi connectivity index (χ4n) is 1.65. The van der Waals surface area contributed by atoms with E-state index in [1.54, 1.807) is 0 Å². The zero-order chi connectivity index (χ0) is 18.3. The first-order valence-corrected chi connectivity index (χ1v) is 7.50. The third kappa shape index (κ3) is 10.7. The molecule has 0 aromatic carbocycles. The fraction of sp³-hybridized carbons (Fsp3) is 0.786. The van der Waals surface area contributed by atoms with Gasteiger partial charge in [0.1, 0.15) is 5.84 Å². The van der Waals surface area contributed by atoms with Gasteiger partial charge >= 0.3 is 0 Å². The fourth-order valence-corrected chi connectivity index (χ4v) is 1.65. The summed E-state index contributed by atoms with van der Waals surface area (Å²) >= 11 is 0. The van der Waals surface area contributed by atoms with Crippen molar-refractivity contribution in [2.24, 2.45) is 22.0 Å². The van der Waals surface area contributed by atoms with Crippen molar-refractivity contribution < 1.29 is 24.5 Å². The van der Waals surface area contributed by atoms with E-state index in [1.807, 2.05) is 6.07 Å². The van der Waals surface area contributed by atoms with Crippen molar-refractivity contribution in [3.8, 4) is 6.07 Å². The van der Waals surface area contributed by atoms with Crippen LogP contribution in [0.1, 0.15) is 19.3 Å². The number of nitrogens with one attached hydrogen (secondary N) is 1. The zero-order valence-corrected chi connectivity index (χ0v) is 13.7. The van der Waals surface area contributed by atoms with E-state index >= 15 is 0 Å². The average molecular weight is 345 g/mol. The Hall–Kier alpha value is -1.93. The van der Waals surface area contributed by atoms with Gasteiger partial charge in [-0.1, -0.05) is 5.16 Å². The molecule has 138 valence electrons. The summed E-state index contributed by atoms with van der Waals surface area (Å²) in [4.78, 5) is 0. The molecule has 0 saturated heterocycles. The summed E-state index contributed by atoms with van der Waals surface area (Å²) in [7, 11) is 0. The Morgan fingerprint density at radius 1 is 1.08 bits per heavy atom. The molecule has 24 heavy (non-hydrogen) atoms. The molecule has 7 N–H and O–H groups in total. The van der Waals surface area contributed by atoms with Gasteiger partial charge in [0.05, 0.1) is 70.0 Å². The van der Waals surface area contributed by atoms with E-state index in [0.717, 1.165) is 0 Å². The number of ether oxygens (including phenoxy) is 3. The molecule has 0 spiro atoms. The molecule has 0 bridgehead atoms. The van der Waals surface area contributed by atoms with Gasteiger partial charge in [0.25, 0.3) is 0 Å². The van der Waals surface area contributed by atoms with Gasteiger partial charge in [0.15, 0.2) is 0 Å². The summed E-state index contributed by atoms with van der Waals surface area (Å²) in [6, 6.07) is 1.97. The number of rotatable bonds is 15. The maximum absolute atomic E-state index is 9.74. The molecule has 0 aliphatic carbocycles. The van der Waals surface area contributed by atoms with Gasteiger partial charge in [-0.2, -0.15) is 5.26 Å². The van der Waals surface area contributed by atoms with E-state index < -0.39 is 5.41 Å². The summed E-state index contributed by atoms with van der Waals surface area (Å²) in [5.41, 5.74) is 9.80. The predicted octanol–water partition coefficient (Wildman–Crippen LogP) is -0.609. The topological polar surface area (TPSA) is 180 Å². The lowest BCUT2D eigenvalue weighted by Gasteiger charge is -2.31. The summed E-state index contributed by atoms with van der Waals surface area (Å²) in [6.07, 6.45) is 0.788. The van der Waals surface area contributed by atoms with Crippen LogP contribution in [0, 0.1) is 22.2 Å². The molecule has 1 unspecified atom stereocenters. The van der Waals surface area contributed by atoms with Gasteiger partial charge in [-0.3, -0.25) is 5.41 Å². The van der Waals surface area contributed by atoms with Gasteiger partial charge in [0.2, 0.25) is 0 Å². The average Bonchev–Trinajstić information content (AvgIpc) is 2.58. The van der Waals surface area contributed by atoms with E-state index in [2.05, 4.69) is 5.16 Å². The second-order valence-corrected chi connectivity index (χ2v) is 5.34. The Kier molecular flexibility index (Phi) is 12.4. The monoisotopic (exact) mass is 345 g/mol. The van der Waals surface area contributed by atoms with Crippen molar-refractivity contribution in [3.63, 3.8) is 0 Å². The SMILES string of the molecule is N#CCCOCC(CO)(COCCC(=N)N)COCC/C(N)=N\O. The van der Waals surface area contributed by atoms with Crippen LogP contribution in [0.15, 0.2) is 5.16 Å². The van der Waals surface area contributed by atoms with E-state index in [0.29, 0.717) is 6.42 Å². The second-order valence-electron chi connectivity index (χ2n) is 5.34. The van der Waals surface area contributed by atoms with Gasteiger partial charge in [-0.25, -0.2) is 0 Å². The second kappa shape index (κ2) is 13.5. The lowest BCUT2D eigenvalue weighted by Crippen LogP contribution is -2.41. The van der Waals surface area contributed by atoms with Crippen LogP contribution in [0.25, 0.3) is 0 Å². The van der Waals surface area contributed by atoms with Crippen LogP contribution < -0.4 is 11.5 Å². The molecule has 0 fully saturated rings. The maximum Gasteiger partial charge on any atom is 0.141 e. The van der Waals surface area contributed by atoms with Crippen LogP contribution in [0.4, 0.5) is 0 Å². The smallest absolute Gasteiger partial charge is 0.141 e. The van der Waals surface area contributed by atoms with Gasteiger partial charge in [0, 0.05) is 12.8 Å². The number of aliphatic hydroxyl groups is 1. The van der Waals surface area contributed by atoms with Crippen LogP contribution in [0.3, 0.4) is 0 Å². The molecule has 0 rings (SSSR count). The highest BCUT2D eigenvalue weighted by Gasteiger charge is 2.31. The number of aliphatic hydroxyl groups excluding tert-OH is 1. The number of nitrogens with zero attached hydrogens (tertiary/aromatic N) is 2. The Morgan fingerprint density at radius 3 is 2.08 bits per heavy atom. The third-order valence-corrected chi connectivity index (χ3v) is 3.07. The van der Waals surface area contributed by atoms with Gasteiger partial charge in [-0.15, -0.1) is 0 Å². The predicted molar refractivity (Wildman–Crippen MR) is 86.8 cm³/mol. The molecule has 0 amide bonds. The minimum Gasteiger partial charge on any atom is -0.409 e. The molecule has 0 heterocycles. The van der Waals surface area contributed by atoms with E-state index in [9.17, 15) is 5.11 Å². The van der Waals surface area contributed by atoms with E-state index in [1.165, 1.54) is 0 Å². The first-order chi connectivity index (χ1) is 11.5. The Bertz CT molecular complexity index is 426. The summed E-state index contributed by atoms with van der Waals surface area (Å²) in [5, 5.41) is 36.7. The van der Waals surface area contributed by atoms with Crippen LogP contribution in [0.2, 0.25) is 0 Å². The number of amidine groups is 2. The van der Waals surface area contributed by atoms with Crippen LogP contribution in [0.5, 0.6) is 0 Å². The van der Waals surface area contributed by atoms with Crippen molar-refractivity contribution in [1.82, 2.24) is 0 Å². The van der Waals surface area contributed by atoms with Gasteiger partial charge in [-0.05, 0) is 0 Å². The van der Waals surface area contributed by atoms with Crippen molar-refractivity contribution in [1.29, 1.82) is 10.7 Å². The highest BCUT2D eigenvalue weighted by Crippen LogP contribution is 2.19. The molecular weight excluding hydrogens is 318 g/mol. The van der Waals surface area contributed by atoms with Crippen LogP contribution in [-0.2, 0) is 14.2 Å². The minimum absolute atomic E-state index is 0.0184. The summed E-state index contributed by atoms with van der Waals surface area (Å²) in [6.45, 7) is 0.887. The van der Waals surface area contributed by atoms with Gasteiger partial charge < -0.3 is 36.0 Å². The van der Waals surface area contributed by atoms with Crippen molar-refractivity contribution in [2.45, 2.75) is 19.3 Å². The first kappa shape index (κ1) is 22.1. The van der Waals surface area contributed by atoms with E-state index in [4.69, 9.17) is 41.6 Å².